The van der Waals surface area contributed by atoms with Gasteiger partial charge in [-0.25, -0.2) is 13.1 Å². The molecule has 1 rings (SSSR count). The Hall–Kier alpha value is -0.390. The predicted molar refractivity (Wildman–Crippen MR) is 73.4 cm³/mol. The fourth-order valence-corrected chi connectivity index (χ4v) is 3.40. The minimum atomic E-state index is -3.43. The highest BCUT2D eigenvalue weighted by Gasteiger charge is 2.21. The molecule has 1 aromatic carbocycles. The molecule has 0 fully saturated rings. The van der Waals surface area contributed by atoms with Crippen LogP contribution in [-0.4, -0.2) is 15.0 Å². The molecule has 3 nitrogen and oxygen atoms in total. The molecule has 0 radical (unpaired) electrons. The van der Waals surface area contributed by atoms with Gasteiger partial charge in [-0.15, -0.1) is 0 Å². The van der Waals surface area contributed by atoms with E-state index in [1.54, 1.807) is 24.3 Å². The van der Waals surface area contributed by atoms with Crippen LogP contribution in [0.2, 0.25) is 0 Å². The van der Waals surface area contributed by atoms with Gasteiger partial charge in [0, 0.05) is 11.0 Å². The number of hydrogen-bond donors (Lipinski definition) is 1. The van der Waals surface area contributed by atoms with E-state index < -0.39 is 10.0 Å². The molecule has 0 atom stereocenters. The number of nitrogens with one attached hydrogen (secondary N) is 1. The Morgan fingerprint density at radius 2 is 1.88 bits per heavy atom. The van der Waals surface area contributed by atoms with Crippen molar-refractivity contribution in [3.63, 3.8) is 0 Å². The molecule has 1 N–H and O–H groups in total. The van der Waals surface area contributed by atoms with E-state index in [9.17, 15) is 8.42 Å². The number of hydrogen-bond acceptors (Lipinski definition) is 2. The second-order valence-corrected chi connectivity index (χ2v) is 7.36. The van der Waals surface area contributed by atoms with Crippen LogP contribution in [0, 0.1) is 5.41 Å². The summed E-state index contributed by atoms with van der Waals surface area (Å²) in [5.74, 6) is 0. The molecule has 0 bridgehead atoms. The maximum absolute atomic E-state index is 12.1. The molecule has 0 aliphatic rings. The zero-order valence-corrected chi connectivity index (χ0v) is 12.7. The van der Waals surface area contributed by atoms with Crippen LogP contribution < -0.4 is 4.72 Å². The van der Waals surface area contributed by atoms with Crippen molar-refractivity contribution in [1.29, 1.82) is 0 Å². The molecule has 96 valence electrons. The summed E-state index contributed by atoms with van der Waals surface area (Å²) in [4.78, 5) is 0.284. The van der Waals surface area contributed by atoms with Gasteiger partial charge in [0.1, 0.15) is 0 Å². The Morgan fingerprint density at radius 3 is 2.41 bits per heavy atom. The lowest BCUT2D eigenvalue weighted by atomic mass is 9.91. The molecule has 17 heavy (non-hydrogen) atoms. The van der Waals surface area contributed by atoms with Crippen LogP contribution in [0.15, 0.2) is 33.6 Å². The lowest BCUT2D eigenvalue weighted by Crippen LogP contribution is -2.33. The third-order valence-corrected chi connectivity index (χ3v) is 5.24. The average molecular weight is 320 g/mol. The van der Waals surface area contributed by atoms with Crippen LogP contribution in [-0.2, 0) is 10.0 Å². The van der Waals surface area contributed by atoms with E-state index >= 15 is 0 Å². The van der Waals surface area contributed by atoms with Gasteiger partial charge in [-0.2, -0.15) is 0 Å². The first-order chi connectivity index (χ1) is 7.78. The minimum Gasteiger partial charge on any atom is -0.211 e. The number of sulfonamides is 1. The maximum atomic E-state index is 12.1. The first-order valence-corrected chi connectivity index (χ1v) is 7.80. The zero-order valence-electron chi connectivity index (χ0n) is 10.3. The van der Waals surface area contributed by atoms with Crippen molar-refractivity contribution in [1.82, 2.24) is 4.72 Å². The van der Waals surface area contributed by atoms with Crippen molar-refractivity contribution < 1.29 is 8.42 Å². The summed E-state index contributed by atoms with van der Waals surface area (Å²) >= 11 is 3.25. The van der Waals surface area contributed by atoms with E-state index in [0.29, 0.717) is 11.0 Å². The van der Waals surface area contributed by atoms with Crippen LogP contribution in [0.3, 0.4) is 0 Å². The van der Waals surface area contributed by atoms with Crippen LogP contribution in [0.5, 0.6) is 0 Å². The first kappa shape index (κ1) is 14.7. The molecule has 0 unspecified atom stereocenters. The van der Waals surface area contributed by atoms with Gasteiger partial charge < -0.3 is 0 Å². The summed E-state index contributed by atoms with van der Waals surface area (Å²) in [6.07, 6.45) is 0.922. The quantitative estimate of drug-likeness (QED) is 0.906. The van der Waals surface area contributed by atoms with Crippen molar-refractivity contribution in [2.45, 2.75) is 32.1 Å². The Labute approximate surface area is 112 Å². The molecule has 0 aliphatic carbocycles. The Balaban J connectivity index is 2.88. The van der Waals surface area contributed by atoms with Crippen LogP contribution in [0.4, 0.5) is 0 Å². The highest BCUT2D eigenvalue weighted by Crippen LogP contribution is 2.23. The molecule has 5 heteroatoms. The molecular formula is C12H18BrNO2S. The molecular weight excluding hydrogens is 302 g/mol. The van der Waals surface area contributed by atoms with Crippen molar-refractivity contribution in [3.05, 3.63) is 28.7 Å². The van der Waals surface area contributed by atoms with Crippen molar-refractivity contribution in [3.8, 4) is 0 Å². The van der Waals surface area contributed by atoms with Gasteiger partial charge >= 0.3 is 0 Å². The van der Waals surface area contributed by atoms with E-state index in [2.05, 4.69) is 20.7 Å². The summed E-state index contributed by atoms with van der Waals surface area (Å²) in [5, 5.41) is 0. The fraction of sp³-hybridized carbons (Fsp3) is 0.500. The van der Waals surface area contributed by atoms with Crippen LogP contribution >= 0.6 is 15.9 Å². The monoisotopic (exact) mass is 319 g/mol. The smallest absolute Gasteiger partial charge is 0.211 e. The van der Waals surface area contributed by atoms with Crippen molar-refractivity contribution in [2.24, 2.45) is 5.41 Å². The molecule has 0 aromatic heterocycles. The summed E-state index contributed by atoms with van der Waals surface area (Å²) in [5.41, 5.74) is -0.0334. The fourth-order valence-electron chi connectivity index (χ4n) is 1.16. The summed E-state index contributed by atoms with van der Waals surface area (Å²) in [7, 11) is -3.43. The molecule has 0 amide bonds. The van der Waals surface area contributed by atoms with Crippen molar-refractivity contribution >= 4 is 26.0 Å². The normalized spacial score (nSPS) is 12.7. The van der Waals surface area contributed by atoms with Crippen LogP contribution in [0.25, 0.3) is 0 Å². The van der Waals surface area contributed by atoms with E-state index in [0.717, 1.165) is 6.42 Å². The summed E-state index contributed by atoms with van der Waals surface area (Å²) in [6, 6.07) is 6.81. The van der Waals surface area contributed by atoms with Gasteiger partial charge in [-0.3, -0.25) is 0 Å². The lowest BCUT2D eigenvalue weighted by Gasteiger charge is -2.22. The Kier molecular flexibility index (Phi) is 4.75. The molecule has 0 heterocycles. The third kappa shape index (κ3) is 4.08. The largest absolute Gasteiger partial charge is 0.241 e. The van der Waals surface area contributed by atoms with Gasteiger partial charge in [0.05, 0.1) is 4.90 Å². The Morgan fingerprint density at radius 1 is 1.29 bits per heavy atom. The summed E-state index contributed by atoms with van der Waals surface area (Å²) < 4.78 is 27.4. The standard InChI is InChI=1S/C12H18BrNO2S/c1-4-12(2,3)9-14-17(15,16)11-8-6-5-7-10(11)13/h5-8,14H,4,9H2,1-3H3. The van der Waals surface area contributed by atoms with Gasteiger partial charge in [-0.05, 0) is 39.9 Å². The zero-order chi connectivity index (χ0) is 13.1. The topological polar surface area (TPSA) is 46.2 Å². The Bertz CT molecular complexity index is 483. The molecule has 0 saturated heterocycles. The second kappa shape index (κ2) is 5.50. The SMILES string of the molecule is CCC(C)(C)CNS(=O)(=O)c1ccccc1Br. The molecule has 0 saturated carbocycles. The van der Waals surface area contributed by atoms with E-state index in [1.165, 1.54) is 0 Å². The average Bonchev–Trinajstić information content (AvgIpc) is 2.27. The van der Waals surface area contributed by atoms with Gasteiger partial charge in [0.2, 0.25) is 10.0 Å². The van der Waals surface area contributed by atoms with Crippen molar-refractivity contribution in [2.75, 3.05) is 6.54 Å². The predicted octanol–water partition coefficient (Wildman–Crippen LogP) is 3.16. The minimum absolute atomic E-state index is 0.0334. The number of benzene rings is 1. The van der Waals surface area contributed by atoms with Crippen LogP contribution in [0.1, 0.15) is 27.2 Å². The molecule has 1 aromatic rings. The number of halogens is 1. The number of rotatable bonds is 5. The molecule has 0 aliphatic heterocycles. The highest BCUT2D eigenvalue weighted by molar-refractivity contribution is 9.10. The highest BCUT2D eigenvalue weighted by atomic mass is 79.9. The molecule has 0 spiro atoms. The van der Waals surface area contributed by atoms with Gasteiger partial charge in [0.15, 0.2) is 0 Å². The van der Waals surface area contributed by atoms with Gasteiger partial charge in [0.25, 0.3) is 0 Å². The van der Waals surface area contributed by atoms with Gasteiger partial charge in [-0.1, -0.05) is 32.9 Å². The van der Waals surface area contributed by atoms with E-state index in [4.69, 9.17) is 0 Å². The summed E-state index contributed by atoms with van der Waals surface area (Å²) in [6.45, 7) is 6.56. The first-order valence-electron chi connectivity index (χ1n) is 5.53. The third-order valence-electron chi connectivity index (χ3n) is 2.82. The van der Waals surface area contributed by atoms with E-state index in [1.807, 2.05) is 20.8 Å². The maximum Gasteiger partial charge on any atom is 0.241 e. The van der Waals surface area contributed by atoms with E-state index in [-0.39, 0.29) is 10.3 Å². The lowest BCUT2D eigenvalue weighted by molar-refractivity contribution is 0.350. The second-order valence-electron chi connectivity index (χ2n) is 4.77.